The average Bonchev–Trinajstić information content (AvgIpc) is 2.04. The minimum Gasteiger partial charge on any atom is -0.350 e. The highest BCUT2D eigenvalue weighted by Gasteiger charge is 2.13. The Morgan fingerprint density at radius 3 is 2.54 bits per heavy atom. The normalized spacial score (nSPS) is 18.0. The number of hydrogen-bond donors (Lipinski definition) is 2. The van der Waals surface area contributed by atoms with Crippen molar-refractivity contribution in [1.29, 1.82) is 0 Å². The first-order chi connectivity index (χ1) is 6.18. The largest absolute Gasteiger partial charge is 0.350 e. The lowest BCUT2D eigenvalue weighted by atomic mass is 10.1. The Labute approximate surface area is 79.6 Å². The van der Waals surface area contributed by atoms with Gasteiger partial charge in [0.05, 0.1) is 0 Å². The van der Waals surface area contributed by atoms with E-state index < -0.39 is 0 Å². The van der Waals surface area contributed by atoms with Crippen LogP contribution in [-0.4, -0.2) is 25.0 Å². The van der Waals surface area contributed by atoms with E-state index in [9.17, 15) is 4.79 Å². The van der Waals surface area contributed by atoms with Gasteiger partial charge in [-0.15, -0.1) is 0 Å². The van der Waals surface area contributed by atoms with Gasteiger partial charge >= 0.3 is 0 Å². The fourth-order valence-electron chi connectivity index (χ4n) is 1.47. The number of allylic oxidation sites excluding steroid dienone is 1. The third-order valence-electron chi connectivity index (χ3n) is 2.11. The molecule has 1 amide bonds. The number of rotatable bonds is 2. The first-order valence-electron chi connectivity index (χ1n) is 4.84. The summed E-state index contributed by atoms with van der Waals surface area (Å²) in [5.41, 5.74) is 1.05. The van der Waals surface area contributed by atoms with Crippen LogP contribution in [0.4, 0.5) is 0 Å². The minimum absolute atomic E-state index is 0.0481. The summed E-state index contributed by atoms with van der Waals surface area (Å²) in [7, 11) is 0. The van der Waals surface area contributed by atoms with Gasteiger partial charge in [0.2, 0.25) is 5.91 Å². The van der Waals surface area contributed by atoms with Gasteiger partial charge in [-0.25, -0.2) is 0 Å². The Bertz CT molecular complexity index is 201. The minimum atomic E-state index is 0.0481. The number of nitrogens with one attached hydrogen (secondary N) is 2. The van der Waals surface area contributed by atoms with Crippen molar-refractivity contribution in [3.63, 3.8) is 0 Å². The zero-order valence-electron chi connectivity index (χ0n) is 8.39. The molecule has 13 heavy (non-hydrogen) atoms. The third-order valence-corrected chi connectivity index (χ3v) is 2.11. The second-order valence-electron chi connectivity index (χ2n) is 3.75. The molecule has 0 saturated carbocycles. The van der Waals surface area contributed by atoms with Crippen LogP contribution in [0.1, 0.15) is 26.7 Å². The van der Waals surface area contributed by atoms with Crippen molar-refractivity contribution >= 4 is 5.91 Å². The van der Waals surface area contributed by atoms with Crippen LogP contribution in [0.15, 0.2) is 11.6 Å². The second kappa shape index (κ2) is 5.02. The summed E-state index contributed by atoms with van der Waals surface area (Å²) in [4.78, 5) is 11.3. The second-order valence-corrected chi connectivity index (χ2v) is 3.75. The van der Waals surface area contributed by atoms with Gasteiger partial charge in [0.25, 0.3) is 0 Å². The standard InChI is InChI=1S/C10H18N2O/c1-8(2)7-10(13)12-9-3-5-11-6-4-9/h7,9,11H,3-6H2,1-2H3,(H,12,13). The lowest BCUT2D eigenvalue weighted by molar-refractivity contribution is -0.117. The monoisotopic (exact) mass is 182 g/mol. The molecule has 1 heterocycles. The van der Waals surface area contributed by atoms with Crippen molar-refractivity contribution in [3.05, 3.63) is 11.6 Å². The van der Waals surface area contributed by atoms with Crippen LogP contribution in [0.2, 0.25) is 0 Å². The lowest BCUT2D eigenvalue weighted by Crippen LogP contribution is -2.42. The predicted octanol–water partition coefficient (Wildman–Crippen LogP) is 0.821. The lowest BCUT2D eigenvalue weighted by Gasteiger charge is -2.23. The zero-order valence-corrected chi connectivity index (χ0v) is 8.39. The Morgan fingerprint density at radius 2 is 2.00 bits per heavy atom. The molecule has 0 radical (unpaired) electrons. The van der Waals surface area contributed by atoms with Gasteiger partial charge in [-0.3, -0.25) is 4.79 Å². The molecule has 0 atom stereocenters. The highest BCUT2D eigenvalue weighted by atomic mass is 16.1. The molecule has 0 spiro atoms. The van der Waals surface area contributed by atoms with Gasteiger partial charge in [-0.2, -0.15) is 0 Å². The van der Waals surface area contributed by atoms with Crippen molar-refractivity contribution < 1.29 is 4.79 Å². The van der Waals surface area contributed by atoms with Gasteiger partial charge in [-0.1, -0.05) is 5.57 Å². The number of hydrogen-bond acceptors (Lipinski definition) is 2. The summed E-state index contributed by atoms with van der Waals surface area (Å²) in [6, 6.07) is 0.365. The molecule has 0 aromatic heterocycles. The summed E-state index contributed by atoms with van der Waals surface area (Å²) >= 11 is 0. The molecule has 0 aliphatic carbocycles. The third kappa shape index (κ3) is 4.08. The van der Waals surface area contributed by atoms with Crippen molar-refractivity contribution in [2.45, 2.75) is 32.7 Å². The Hall–Kier alpha value is -0.830. The molecule has 0 aromatic carbocycles. The molecule has 3 nitrogen and oxygen atoms in total. The van der Waals surface area contributed by atoms with E-state index in [1.165, 1.54) is 0 Å². The summed E-state index contributed by atoms with van der Waals surface area (Å²) in [5, 5.41) is 6.26. The van der Waals surface area contributed by atoms with Gasteiger partial charge in [0, 0.05) is 12.1 Å². The summed E-state index contributed by atoms with van der Waals surface area (Å²) in [6.45, 7) is 5.89. The van der Waals surface area contributed by atoms with Crippen LogP contribution in [0.25, 0.3) is 0 Å². The van der Waals surface area contributed by atoms with Gasteiger partial charge in [0.1, 0.15) is 0 Å². The van der Waals surface area contributed by atoms with Crippen molar-refractivity contribution in [2.24, 2.45) is 0 Å². The molecule has 1 rings (SSSR count). The zero-order chi connectivity index (χ0) is 9.68. The molecule has 0 bridgehead atoms. The molecule has 2 N–H and O–H groups in total. The van der Waals surface area contributed by atoms with E-state index in [0.29, 0.717) is 6.04 Å². The van der Waals surface area contributed by atoms with Crippen molar-refractivity contribution in [2.75, 3.05) is 13.1 Å². The van der Waals surface area contributed by atoms with Crippen LogP contribution in [0.5, 0.6) is 0 Å². The highest BCUT2D eigenvalue weighted by molar-refractivity contribution is 5.88. The number of piperidine rings is 1. The first kappa shape index (κ1) is 10.3. The van der Waals surface area contributed by atoms with E-state index >= 15 is 0 Å². The maximum Gasteiger partial charge on any atom is 0.244 e. The summed E-state index contributed by atoms with van der Waals surface area (Å²) < 4.78 is 0. The predicted molar refractivity (Wildman–Crippen MR) is 53.5 cm³/mol. The molecule has 0 aromatic rings. The van der Waals surface area contributed by atoms with E-state index in [2.05, 4.69) is 10.6 Å². The van der Waals surface area contributed by atoms with E-state index in [0.717, 1.165) is 31.5 Å². The Morgan fingerprint density at radius 1 is 1.38 bits per heavy atom. The summed E-state index contributed by atoms with van der Waals surface area (Å²) in [6.07, 6.45) is 3.74. The smallest absolute Gasteiger partial charge is 0.244 e. The maximum absolute atomic E-state index is 11.3. The van der Waals surface area contributed by atoms with Crippen LogP contribution < -0.4 is 10.6 Å². The van der Waals surface area contributed by atoms with Gasteiger partial charge < -0.3 is 10.6 Å². The Balaban J connectivity index is 2.30. The van der Waals surface area contributed by atoms with Gasteiger partial charge in [-0.05, 0) is 39.8 Å². The average molecular weight is 182 g/mol. The molecule has 0 unspecified atom stereocenters. The topological polar surface area (TPSA) is 41.1 Å². The molecule has 1 fully saturated rings. The molecule has 1 saturated heterocycles. The van der Waals surface area contributed by atoms with E-state index in [1.807, 2.05) is 13.8 Å². The van der Waals surface area contributed by atoms with E-state index in [4.69, 9.17) is 0 Å². The van der Waals surface area contributed by atoms with E-state index in [1.54, 1.807) is 6.08 Å². The van der Waals surface area contributed by atoms with E-state index in [-0.39, 0.29) is 5.91 Å². The summed E-state index contributed by atoms with van der Waals surface area (Å²) in [5.74, 6) is 0.0481. The number of carbonyl (C=O) groups is 1. The maximum atomic E-state index is 11.3. The first-order valence-corrected chi connectivity index (χ1v) is 4.84. The molecule has 1 aliphatic rings. The fraction of sp³-hybridized carbons (Fsp3) is 0.700. The SMILES string of the molecule is CC(C)=CC(=O)NC1CCNCC1. The van der Waals surface area contributed by atoms with Gasteiger partial charge in [0.15, 0.2) is 0 Å². The molecular weight excluding hydrogens is 164 g/mol. The number of amides is 1. The molecule has 3 heteroatoms. The fourth-order valence-corrected chi connectivity index (χ4v) is 1.47. The van der Waals surface area contributed by atoms with Crippen LogP contribution in [0, 0.1) is 0 Å². The quantitative estimate of drug-likeness (QED) is 0.621. The van der Waals surface area contributed by atoms with Crippen molar-refractivity contribution in [1.82, 2.24) is 10.6 Å². The molecular formula is C10H18N2O. The number of carbonyl (C=O) groups excluding carboxylic acids is 1. The van der Waals surface area contributed by atoms with Crippen molar-refractivity contribution in [3.8, 4) is 0 Å². The Kier molecular flexibility index (Phi) is 3.96. The highest BCUT2D eigenvalue weighted by Crippen LogP contribution is 2.01. The van der Waals surface area contributed by atoms with Crippen LogP contribution in [0.3, 0.4) is 0 Å². The molecule has 1 aliphatic heterocycles. The van der Waals surface area contributed by atoms with Crippen LogP contribution in [-0.2, 0) is 4.79 Å². The van der Waals surface area contributed by atoms with Crippen LogP contribution >= 0.6 is 0 Å². The molecule has 74 valence electrons.